The second-order valence-corrected chi connectivity index (χ2v) is 7.37. The number of aromatic hydroxyl groups is 1. The average Bonchev–Trinajstić information content (AvgIpc) is 2.47. The van der Waals surface area contributed by atoms with Crippen LogP contribution in [0, 0.1) is 6.92 Å². The summed E-state index contributed by atoms with van der Waals surface area (Å²) in [5.74, 6) is -0.232. The summed E-state index contributed by atoms with van der Waals surface area (Å²) in [6, 6.07) is 4.91. The van der Waals surface area contributed by atoms with Gasteiger partial charge >= 0.3 is 0 Å². The van der Waals surface area contributed by atoms with Gasteiger partial charge in [0.05, 0.1) is 11.3 Å². The molecule has 0 bridgehead atoms. The second kappa shape index (κ2) is 6.03. The molecule has 1 heterocycles. The van der Waals surface area contributed by atoms with Crippen molar-refractivity contribution in [3.8, 4) is 5.75 Å². The van der Waals surface area contributed by atoms with Crippen molar-refractivity contribution in [2.45, 2.75) is 13.8 Å². The van der Waals surface area contributed by atoms with Gasteiger partial charge in [0.25, 0.3) is 5.91 Å². The summed E-state index contributed by atoms with van der Waals surface area (Å²) in [6.07, 6.45) is 0. The first-order chi connectivity index (χ1) is 9.85. The zero-order valence-corrected chi connectivity index (χ0v) is 13.1. The second-order valence-electron chi connectivity index (χ2n) is 5.11. The maximum atomic E-state index is 12.4. The van der Waals surface area contributed by atoms with Crippen LogP contribution in [0.5, 0.6) is 5.75 Å². The van der Waals surface area contributed by atoms with Crippen molar-refractivity contribution in [3.63, 3.8) is 0 Å². The SMILES string of the molecule is CCS(=O)(=O)N1CCN(C(=O)c2ccc(C)cc2O)CC1. The van der Waals surface area contributed by atoms with Crippen LogP contribution in [0.3, 0.4) is 0 Å². The number of benzene rings is 1. The van der Waals surface area contributed by atoms with Gasteiger partial charge in [0, 0.05) is 26.2 Å². The minimum Gasteiger partial charge on any atom is -0.507 e. The Labute approximate surface area is 125 Å². The fraction of sp³-hybridized carbons (Fsp3) is 0.500. The number of amides is 1. The molecule has 1 saturated heterocycles. The van der Waals surface area contributed by atoms with E-state index in [1.54, 1.807) is 30.0 Å². The largest absolute Gasteiger partial charge is 0.507 e. The molecule has 0 aliphatic carbocycles. The van der Waals surface area contributed by atoms with Gasteiger partial charge in [0.15, 0.2) is 0 Å². The van der Waals surface area contributed by atoms with Crippen LogP contribution in [0.2, 0.25) is 0 Å². The van der Waals surface area contributed by atoms with Gasteiger partial charge in [-0.25, -0.2) is 8.42 Å². The number of carbonyl (C=O) groups excluding carboxylic acids is 1. The third-order valence-electron chi connectivity index (χ3n) is 3.67. The molecule has 6 nitrogen and oxygen atoms in total. The molecular weight excluding hydrogens is 292 g/mol. The topological polar surface area (TPSA) is 77.9 Å². The van der Waals surface area contributed by atoms with Crippen molar-refractivity contribution in [2.24, 2.45) is 0 Å². The number of piperazine rings is 1. The van der Waals surface area contributed by atoms with Crippen molar-refractivity contribution in [3.05, 3.63) is 29.3 Å². The summed E-state index contributed by atoms with van der Waals surface area (Å²) in [7, 11) is -3.20. The molecule has 0 unspecified atom stereocenters. The first-order valence-electron chi connectivity index (χ1n) is 6.92. The maximum absolute atomic E-state index is 12.4. The predicted octanol–water partition coefficient (Wildman–Crippen LogP) is 0.808. The van der Waals surface area contributed by atoms with E-state index in [9.17, 15) is 18.3 Å². The number of carbonyl (C=O) groups is 1. The highest BCUT2D eigenvalue weighted by Gasteiger charge is 2.28. The summed E-state index contributed by atoms with van der Waals surface area (Å²) >= 11 is 0. The van der Waals surface area contributed by atoms with Crippen LogP contribution in [-0.2, 0) is 10.0 Å². The summed E-state index contributed by atoms with van der Waals surface area (Å²) in [6.45, 7) is 4.72. The van der Waals surface area contributed by atoms with Crippen LogP contribution >= 0.6 is 0 Å². The molecule has 1 aromatic rings. The molecule has 1 fully saturated rings. The number of aryl methyl sites for hydroxylation is 1. The smallest absolute Gasteiger partial charge is 0.257 e. The van der Waals surface area contributed by atoms with Crippen LogP contribution < -0.4 is 0 Å². The molecule has 1 N–H and O–H groups in total. The van der Waals surface area contributed by atoms with E-state index in [2.05, 4.69) is 0 Å². The summed E-state index contributed by atoms with van der Waals surface area (Å²) < 4.78 is 25.0. The van der Waals surface area contributed by atoms with Crippen molar-refractivity contribution >= 4 is 15.9 Å². The molecule has 0 aromatic heterocycles. The molecule has 0 atom stereocenters. The average molecular weight is 312 g/mol. The Kier molecular flexibility index (Phi) is 4.53. The number of hydrogen-bond donors (Lipinski definition) is 1. The molecular formula is C14H20N2O4S. The van der Waals surface area contributed by atoms with Crippen LogP contribution in [0.15, 0.2) is 18.2 Å². The zero-order chi connectivity index (χ0) is 15.6. The Bertz CT molecular complexity index is 634. The van der Waals surface area contributed by atoms with E-state index in [0.29, 0.717) is 26.2 Å². The Hall–Kier alpha value is -1.60. The van der Waals surface area contributed by atoms with Gasteiger partial charge in [0.1, 0.15) is 5.75 Å². The van der Waals surface area contributed by atoms with Gasteiger partial charge in [0.2, 0.25) is 10.0 Å². The van der Waals surface area contributed by atoms with E-state index in [1.807, 2.05) is 6.92 Å². The molecule has 1 aliphatic rings. The predicted molar refractivity (Wildman–Crippen MR) is 79.8 cm³/mol. The van der Waals surface area contributed by atoms with Gasteiger partial charge in [-0.15, -0.1) is 0 Å². The van der Waals surface area contributed by atoms with E-state index in [1.165, 1.54) is 4.31 Å². The molecule has 0 radical (unpaired) electrons. The number of nitrogens with zero attached hydrogens (tertiary/aromatic N) is 2. The van der Waals surface area contributed by atoms with Crippen LogP contribution in [0.25, 0.3) is 0 Å². The lowest BCUT2D eigenvalue weighted by molar-refractivity contribution is 0.0695. The molecule has 7 heteroatoms. The van der Waals surface area contributed by atoms with Crippen molar-refractivity contribution in [1.82, 2.24) is 9.21 Å². The van der Waals surface area contributed by atoms with E-state index in [-0.39, 0.29) is 23.0 Å². The minimum absolute atomic E-state index is 0.0383. The van der Waals surface area contributed by atoms with Gasteiger partial charge in [-0.1, -0.05) is 6.07 Å². The summed E-state index contributed by atoms with van der Waals surface area (Å²) in [4.78, 5) is 13.9. The number of hydrogen-bond acceptors (Lipinski definition) is 4. The molecule has 1 aromatic carbocycles. The van der Waals surface area contributed by atoms with Gasteiger partial charge in [-0.2, -0.15) is 4.31 Å². The lowest BCUT2D eigenvalue weighted by atomic mass is 10.1. The third-order valence-corrected chi connectivity index (χ3v) is 5.55. The fourth-order valence-electron chi connectivity index (χ4n) is 2.34. The number of phenolic OH excluding ortho intramolecular Hbond substituents is 1. The fourth-order valence-corrected chi connectivity index (χ4v) is 3.43. The maximum Gasteiger partial charge on any atom is 0.257 e. The highest BCUT2D eigenvalue weighted by atomic mass is 32.2. The number of rotatable bonds is 3. The standard InChI is InChI=1S/C14H20N2O4S/c1-3-21(19,20)16-8-6-15(7-9-16)14(18)12-5-4-11(2)10-13(12)17/h4-5,10,17H,3,6-9H2,1-2H3. The summed E-state index contributed by atoms with van der Waals surface area (Å²) in [5.41, 5.74) is 1.13. The van der Waals surface area contributed by atoms with E-state index in [0.717, 1.165) is 5.56 Å². The van der Waals surface area contributed by atoms with Gasteiger partial charge in [-0.05, 0) is 31.5 Å². The monoisotopic (exact) mass is 312 g/mol. The lowest BCUT2D eigenvalue weighted by Gasteiger charge is -2.34. The van der Waals surface area contributed by atoms with E-state index >= 15 is 0 Å². The zero-order valence-electron chi connectivity index (χ0n) is 12.2. The highest BCUT2D eigenvalue weighted by molar-refractivity contribution is 7.89. The number of phenols is 1. The van der Waals surface area contributed by atoms with Crippen LogP contribution in [0.4, 0.5) is 0 Å². The molecule has 116 valence electrons. The lowest BCUT2D eigenvalue weighted by Crippen LogP contribution is -2.50. The van der Waals surface area contributed by atoms with Crippen LogP contribution in [0.1, 0.15) is 22.8 Å². The highest BCUT2D eigenvalue weighted by Crippen LogP contribution is 2.21. The third kappa shape index (κ3) is 3.36. The van der Waals surface area contributed by atoms with Gasteiger partial charge < -0.3 is 10.0 Å². The van der Waals surface area contributed by atoms with E-state index in [4.69, 9.17) is 0 Å². The first kappa shape index (κ1) is 15.8. The summed E-state index contributed by atoms with van der Waals surface area (Å²) in [5, 5.41) is 9.86. The molecule has 2 rings (SSSR count). The quantitative estimate of drug-likeness (QED) is 0.896. The first-order valence-corrected chi connectivity index (χ1v) is 8.53. The number of sulfonamides is 1. The minimum atomic E-state index is -3.20. The van der Waals surface area contributed by atoms with Crippen molar-refractivity contribution < 1.29 is 18.3 Å². The van der Waals surface area contributed by atoms with Gasteiger partial charge in [-0.3, -0.25) is 4.79 Å². The Balaban J connectivity index is 2.07. The normalized spacial score (nSPS) is 17.0. The van der Waals surface area contributed by atoms with Crippen molar-refractivity contribution in [1.29, 1.82) is 0 Å². The molecule has 1 amide bonds. The van der Waals surface area contributed by atoms with Crippen molar-refractivity contribution in [2.75, 3.05) is 31.9 Å². The molecule has 0 spiro atoms. The molecule has 21 heavy (non-hydrogen) atoms. The van der Waals surface area contributed by atoms with E-state index < -0.39 is 10.0 Å². The van der Waals surface area contributed by atoms with Crippen LogP contribution in [-0.4, -0.2) is 60.6 Å². The Morgan fingerprint density at radius 2 is 1.86 bits per heavy atom. The Morgan fingerprint density at radius 1 is 1.24 bits per heavy atom. The molecule has 0 saturated carbocycles. The Morgan fingerprint density at radius 3 is 2.38 bits per heavy atom. The molecule has 1 aliphatic heterocycles.